The van der Waals surface area contributed by atoms with Gasteiger partial charge in [0.05, 0.1) is 12.2 Å². The Hall–Kier alpha value is -4.26. The van der Waals surface area contributed by atoms with E-state index in [0.717, 1.165) is 22.6 Å². The molecule has 5 aromatic rings. The molecule has 0 amide bonds. The van der Waals surface area contributed by atoms with E-state index >= 15 is 0 Å². The molecule has 0 aliphatic carbocycles. The highest BCUT2D eigenvalue weighted by Gasteiger charge is 2.35. The molecule has 36 heavy (non-hydrogen) atoms. The highest BCUT2D eigenvalue weighted by Crippen LogP contribution is 2.42. The Kier molecular flexibility index (Phi) is 6.14. The number of rotatable bonds is 7. The first-order valence-electron chi connectivity index (χ1n) is 11.5. The number of carbonyl (C=O) groups is 1. The lowest BCUT2D eigenvalue weighted by Gasteiger charge is -2.14. The van der Waals surface area contributed by atoms with Gasteiger partial charge in [0.1, 0.15) is 11.4 Å². The van der Waals surface area contributed by atoms with Crippen LogP contribution in [0.1, 0.15) is 22.5 Å². The van der Waals surface area contributed by atoms with E-state index in [1.165, 1.54) is 18.2 Å². The van der Waals surface area contributed by atoms with Crippen molar-refractivity contribution in [3.8, 4) is 16.9 Å². The molecule has 7 heteroatoms. The molecule has 0 aliphatic heterocycles. The van der Waals surface area contributed by atoms with Gasteiger partial charge in [0.25, 0.3) is 0 Å². The van der Waals surface area contributed by atoms with E-state index in [4.69, 9.17) is 4.74 Å². The minimum Gasteiger partial charge on any atom is -0.493 e. The normalized spacial score (nSPS) is 11.8. The van der Waals surface area contributed by atoms with Crippen LogP contribution in [0.15, 0.2) is 91.0 Å². The van der Waals surface area contributed by atoms with Crippen LogP contribution >= 0.6 is 0 Å². The lowest BCUT2D eigenvalue weighted by Crippen LogP contribution is -2.13. The Morgan fingerprint density at radius 2 is 1.50 bits per heavy atom. The second-order valence-corrected chi connectivity index (χ2v) is 8.42. The molecular formula is C29H22F3NO3. The number of nitrogens with zero attached hydrogens (tertiary/aromatic N) is 1. The first-order valence-corrected chi connectivity index (χ1v) is 11.5. The van der Waals surface area contributed by atoms with Crippen LogP contribution in [-0.2, 0) is 12.7 Å². The molecule has 0 saturated heterocycles. The molecule has 1 aromatic heterocycles. The zero-order chi connectivity index (χ0) is 25.3. The fraction of sp³-hybridized carbons (Fsp3) is 0.138. The number of aromatic carboxylic acids is 1. The van der Waals surface area contributed by atoms with Gasteiger partial charge in [0.2, 0.25) is 0 Å². The SMILES string of the molecule is O=C(O)c1c(-c2ccccc2C(F)(F)F)c2ccccc2n1CCCOc1cccc2ccccc12. The molecule has 1 heterocycles. The molecule has 0 atom stereocenters. The predicted molar refractivity (Wildman–Crippen MR) is 133 cm³/mol. The first kappa shape index (κ1) is 23.5. The smallest absolute Gasteiger partial charge is 0.417 e. The van der Waals surface area contributed by atoms with Gasteiger partial charge in [-0.15, -0.1) is 0 Å². The molecule has 0 bridgehead atoms. The molecule has 1 N–H and O–H groups in total. The van der Waals surface area contributed by atoms with E-state index in [1.54, 1.807) is 28.8 Å². The number of carboxylic acid groups (broad SMARTS) is 1. The Morgan fingerprint density at radius 1 is 0.833 bits per heavy atom. The summed E-state index contributed by atoms with van der Waals surface area (Å²) in [5.41, 5.74) is -0.551. The van der Waals surface area contributed by atoms with Gasteiger partial charge in [-0.1, -0.05) is 72.8 Å². The average molecular weight is 489 g/mol. The largest absolute Gasteiger partial charge is 0.493 e. The summed E-state index contributed by atoms with van der Waals surface area (Å²) in [6.07, 6.45) is -4.16. The number of alkyl halides is 3. The van der Waals surface area contributed by atoms with Crippen molar-refractivity contribution in [2.45, 2.75) is 19.1 Å². The van der Waals surface area contributed by atoms with Crippen molar-refractivity contribution in [3.63, 3.8) is 0 Å². The van der Waals surface area contributed by atoms with Crippen LogP contribution in [0, 0.1) is 0 Å². The Labute approximate surface area is 205 Å². The van der Waals surface area contributed by atoms with Gasteiger partial charge in [0.15, 0.2) is 0 Å². The van der Waals surface area contributed by atoms with Crippen molar-refractivity contribution in [2.24, 2.45) is 0 Å². The maximum absolute atomic E-state index is 13.8. The summed E-state index contributed by atoms with van der Waals surface area (Å²) >= 11 is 0. The second kappa shape index (κ2) is 9.41. The summed E-state index contributed by atoms with van der Waals surface area (Å²) in [5, 5.41) is 12.6. The van der Waals surface area contributed by atoms with Crippen LogP contribution in [-0.4, -0.2) is 22.2 Å². The van der Waals surface area contributed by atoms with E-state index in [2.05, 4.69) is 0 Å². The topological polar surface area (TPSA) is 51.5 Å². The van der Waals surface area contributed by atoms with Crippen LogP contribution in [0.4, 0.5) is 13.2 Å². The molecule has 0 radical (unpaired) electrons. The molecule has 5 rings (SSSR count). The number of aryl methyl sites for hydroxylation is 1. The minimum absolute atomic E-state index is 0.0704. The van der Waals surface area contributed by atoms with Crippen LogP contribution in [0.5, 0.6) is 5.75 Å². The Morgan fingerprint density at radius 3 is 2.28 bits per heavy atom. The van der Waals surface area contributed by atoms with Crippen molar-refractivity contribution in [3.05, 3.63) is 102 Å². The number of halogens is 3. The lowest BCUT2D eigenvalue weighted by molar-refractivity contribution is -0.137. The number of hydrogen-bond donors (Lipinski definition) is 1. The zero-order valence-electron chi connectivity index (χ0n) is 19.1. The van der Waals surface area contributed by atoms with Gasteiger partial charge in [-0.05, 0) is 35.6 Å². The number of para-hydroxylation sites is 1. The third-order valence-corrected chi connectivity index (χ3v) is 6.21. The van der Waals surface area contributed by atoms with Gasteiger partial charge >= 0.3 is 12.1 Å². The molecule has 0 unspecified atom stereocenters. The molecule has 0 aliphatic rings. The second-order valence-electron chi connectivity index (χ2n) is 8.42. The van der Waals surface area contributed by atoms with Gasteiger partial charge < -0.3 is 14.4 Å². The van der Waals surface area contributed by atoms with Crippen molar-refractivity contribution in [2.75, 3.05) is 6.61 Å². The van der Waals surface area contributed by atoms with Gasteiger partial charge in [-0.3, -0.25) is 0 Å². The van der Waals surface area contributed by atoms with Crippen molar-refractivity contribution in [1.82, 2.24) is 4.57 Å². The lowest BCUT2D eigenvalue weighted by atomic mass is 9.96. The average Bonchev–Trinajstić information content (AvgIpc) is 3.20. The molecule has 0 spiro atoms. The summed E-state index contributed by atoms with van der Waals surface area (Å²) < 4.78 is 49.0. The maximum Gasteiger partial charge on any atom is 0.417 e. The first-order chi connectivity index (χ1) is 17.4. The summed E-state index contributed by atoms with van der Waals surface area (Å²) in [7, 11) is 0. The van der Waals surface area contributed by atoms with Crippen molar-refractivity contribution in [1.29, 1.82) is 0 Å². The van der Waals surface area contributed by atoms with Gasteiger partial charge in [0, 0.05) is 28.4 Å². The van der Waals surface area contributed by atoms with E-state index < -0.39 is 17.7 Å². The Balaban J connectivity index is 1.51. The number of ether oxygens (including phenoxy) is 1. The van der Waals surface area contributed by atoms with E-state index in [1.807, 2.05) is 42.5 Å². The van der Waals surface area contributed by atoms with Crippen molar-refractivity contribution >= 4 is 27.6 Å². The van der Waals surface area contributed by atoms with Gasteiger partial charge in [-0.25, -0.2) is 4.79 Å². The number of aromatic nitrogens is 1. The predicted octanol–water partition coefficient (Wildman–Crippen LogP) is 7.65. The summed E-state index contributed by atoms with van der Waals surface area (Å²) in [5.74, 6) is -0.558. The molecule has 0 saturated carbocycles. The van der Waals surface area contributed by atoms with E-state index in [0.29, 0.717) is 23.9 Å². The summed E-state index contributed by atoms with van der Waals surface area (Å²) in [6, 6.07) is 25.5. The number of carboxylic acids is 1. The quantitative estimate of drug-likeness (QED) is 0.239. The monoisotopic (exact) mass is 489 g/mol. The third kappa shape index (κ3) is 4.28. The maximum atomic E-state index is 13.8. The van der Waals surface area contributed by atoms with Crippen LogP contribution in [0.3, 0.4) is 0 Å². The molecule has 182 valence electrons. The number of benzene rings is 4. The summed E-state index contributed by atoms with van der Waals surface area (Å²) in [6.45, 7) is 0.579. The fourth-order valence-corrected chi connectivity index (χ4v) is 4.71. The minimum atomic E-state index is -4.62. The van der Waals surface area contributed by atoms with E-state index in [9.17, 15) is 23.1 Å². The summed E-state index contributed by atoms with van der Waals surface area (Å²) in [4.78, 5) is 12.4. The van der Waals surface area contributed by atoms with Gasteiger partial charge in [-0.2, -0.15) is 13.2 Å². The highest BCUT2D eigenvalue weighted by atomic mass is 19.4. The van der Waals surface area contributed by atoms with Crippen LogP contribution in [0.25, 0.3) is 32.8 Å². The fourth-order valence-electron chi connectivity index (χ4n) is 4.71. The number of fused-ring (bicyclic) bond motifs is 2. The zero-order valence-corrected chi connectivity index (χ0v) is 19.1. The highest BCUT2D eigenvalue weighted by molar-refractivity contribution is 6.08. The van der Waals surface area contributed by atoms with Crippen molar-refractivity contribution < 1.29 is 27.8 Å². The third-order valence-electron chi connectivity index (χ3n) is 6.21. The molecular weight excluding hydrogens is 467 g/mol. The van der Waals surface area contributed by atoms with Crippen LogP contribution in [0.2, 0.25) is 0 Å². The van der Waals surface area contributed by atoms with Crippen LogP contribution < -0.4 is 4.74 Å². The Bertz CT molecular complexity index is 1560. The standard InChI is InChI=1S/C29H22F3NO3/c30-29(31,32)23-14-5-3-12-21(23)26-22-13-4-6-15-24(22)33(27(26)28(34)35)17-8-18-36-25-16-7-10-19-9-1-2-11-20(19)25/h1-7,9-16H,8,17-18H2,(H,34,35). The molecule has 4 aromatic carbocycles. The van der Waals surface area contributed by atoms with E-state index in [-0.39, 0.29) is 23.4 Å². The number of hydrogen-bond acceptors (Lipinski definition) is 2. The molecule has 4 nitrogen and oxygen atoms in total. The molecule has 0 fully saturated rings.